The van der Waals surface area contributed by atoms with Crippen molar-refractivity contribution >= 4 is 16.7 Å². The summed E-state index contributed by atoms with van der Waals surface area (Å²) in [6.45, 7) is 3.83. The van der Waals surface area contributed by atoms with Crippen LogP contribution in [0.5, 0.6) is 0 Å². The monoisotopic (exact) mass is 217 g/mol. The van der Waals surface area contributed by atoms with E-state index >= 15 is 0 Å². The fraction of sp³-hybridized carbons (Fsp3) is 0.333. The van der Waals surface area contributed by atoms with E-state index in [1.807, 2.05) is 38.1 Å². The number of para-hydroxylation sites is 1. The van der Waals surface area contributed by atoms with Gasteiger partial charge in [-0.05, 0) is 18.1 Å². The van der Waals surface area contributed by atoms with Gasteiger partial charge in [0, 0.05) is 5.39 Å². The van der Waals surface area contributed by atoms with Crippen LogP contribution in [-0.4, -0.2) is 15.1 Å². The molecule has 0 saturated carbocycles. The Kier molecular flexibility index (Phi) is 2.75. The number of nitrogens with zero attached hydrogens (tertiary/aromatic N) is 2. The Labute approximate surface area is 94.1 Å². The van der Waals surface area contributed by atoms with E-state index < -0.39 is 6.10 Å². The molecule has 0 fully saturated rings. The van der Waals surface area contributed by atoms with Crippen molar-refractivity contribution in [1.29, 1.82) is 0 Å². The quantitative estimate of drug-likeness (QED) is 0.805. The van der Waals surface area contributed by atoms with Crippen molar-refractivity contribution in [3.05, 3.63) is 30.1 Å². The molecule has 2 rings (SSSR count). The number of hydrogen-bond donors (Lipinski definition) is 2. The average Bonchev–Trinajstić information content (AvgIpc) is 2.28. The van der Waals surface area contributed by atoms with Crippen LogP contribution in [0.4, 0.5) is 5.82 Å². The van der Waals surface area contributed by atoms with Gasteiger partial charge in [0.1, 0.15) is 11.9 Å². The van der Waals surface area contributed by atoms with Crippen LogP contribution in [0.2, 0.25) is 0 Å². The van der Waals surface area contributed by atoms with E-state index in [0.717, 1.165) is 10.9 Å². The van der Waals surface area contributed by atoms with Crippen molar-refractivity contribution in [2.45, 2.75) is 20.0 Å². The number of aliphatic hydroxyl groups excluding tert-OH is 1. The van der Waals surface area contributed by atoms with E-state index in [4.69, 9.17) is 5.73 Å². The first kappa shape index (κ1) is 10.8. The number of rotatable bonds is 2. The molecule has 0 aliphatic carbocycles. The van der Waals surface area contributed by atoms with E-state index in [0.29, 0.717) is 11.6 Å². The predicted octanol–water partition coefficient (Wildman–Crippen LogP) is 1.90. The van der Waals surface area contributed by atoms with Crippen LogP contribution in [-0.2, 0) is 0 Å². The molecule has 84 valence electrons. The van der Waals surface area contributed by atoms with Crippen LogP contribution in [0.25, 0.3) is 10.9 Å². The molecule has 0 radical (unpaired) electrons. The summed E-state index contributed by atoms with van der Waals surface area (Å²) < 4.78 is 0. The lowest BCUT2D eigenvalue weighted by molar-refractivity contribution is 0.118. The number of anilines is 1. The lowest BCUT2D eigenvalue weighted by Gasteiger charge is -2.14. The summed E-state index contributed by atoms with van der Waals surface area (Å²) in [7, 11) is 0. The summed E-state index contributed by atoms with van der Waals surface area (Å²) in [6.07, 6.45) is -0.674. The van der Waals surface area contributed by atoms with Crippen LogP contribution in [0.3, 0.4) is 0 Å². The molecule has 2 aromatic rings. The molecule has 0 spiro atoms. The molecule has 4 heteroatoms. The fourth-order valence-corrected chi connectivity index (χ4v) is 1.55. The summed E-state index contributed by atoms with van der Waals surface area (Å²) >= 11 is 0. The van der Waals surface area contributed by atoms with Crippen LogP contribution >= 0.6 is 0 Å². The SMILES string of the molecule is CC(C)[C@H](O)c1nc(N)c2ccccc2n1. The van der Waals surface area contributed by atoms with Crippen molar-refractivity contribution in [1.82, 2.24) is 9.97 Å². The van der Waals surface area contributed by atoms with Crippen molar-refractivity contribution in [2.75, 3.05) is 5.73 Å². The minimum Gasteiger partial charge on any atom is -0.385 e. The summed E-state index contributed by atoms with van der Waals surface area (Å²) in [4.78, 5) is 8.46. The molecule has 0 aliphatic rings. The Morgan fingerprint density at radius 3 is 2.56 bits per heavy atom. The van der Waals surface area contributed by atoms with Gasteiger partial charge < -0.3 is 10.8 Å². The van der Waals surface area contributed by atoms with Crippen LogP contribution in [0, 0.1) is 5.92 Å². The van der Waals surface area contributed by atoms with Gasteiger partial charge in [-0.15, -0.1) is 0 Å². The van der Waals surface area contributed by atoms with Gasteiger partial charge in [0.25, 0.3) is 0 Å². The van der Waals surface area contributed by atoms with Crippen molar-refractivity contribution in [3.63, 3.8) is 0 Å². The zero-order valence-electron chi connectivity index (χ0n) is 9.38. The topological polar surface area (TPSA) is 72.0 Å². The fourth-order valence-electron chi connectivity index (χ4n) is 1.55. The molecule has 4 nitrogen and oxygen atoms in total. The maximum Gasteiger partial charge on any atom is 0.160 e. The molecular formula is C12H15N3O. The summed E-state index contributed by atoms with van der Waals surface area (Å²) in [5, 5.41) is 10.7. The summed E-state index contributed by atoms with van der Waals surface area (Å²) in [5.41, 5.74) is 6.60. The number of fused-ring (bicyclic) bond motifs is 1. The van der Waals surface area contributed by atoms with Gasteiger partial charge in [-0.3, -0.25) is 0 Å². The molecule has 3 N–H and O–H groups in total. The highest BCUT2D eigenvalue weighted by molar-refractivity contribution is 5.87. The first-order valence-corrected chi connectivity index (χ1v) is 5.30. The highest BCUT2D eigenvalue weighted by Crippen LogP contribution is 2.23. The predicted molar refractivity (Wildman–Crippen MR) is 63.7 cm³/mol. The van der Waals surface area contributed by atoms with Gasteiger partial charge >= 0.3 is 0 Å². The Hall–Kier alpha value is -1.68. The zero-order valence-corrected chi connectivity index (χ0v) is 9.38. The highest BCUT2D eigenvalue weighted by Gasteiger charge is 2.16. The third-order valence-corrected chi connectivity index (χ3v) is 2.55. The molecular weight excluding hydrogens is 202 g/mol. The van der Waals surface area contributed by atoms with Gasteiger partial charge in [0.15, 0.2) is 5.82 Å². The second kappa shape index (κ2) is 4.06. The van der Waals surface area contributed by atoms with E-state index in [2.05, 4.69) is 9.97 Å². The molecule has 16 heavy (non-hydrogen) atoms. The van der Waals surface area contributed by atoms with Crippen LogP contribution in [0.1, 0.15) is 25.8 Å². The Bertz CT molecular complexity index is 511. The van der Waals surface area contributed by atoms with Crippen molar-refractivity contribution in [2.24, 2.45) is 5.92 Å². The lowest BCUT2D eigenvalue weighted by atomic mass is 10.1. The lowest BCUT2D eigenvalue weighted by Crippen LogP contribution is -2.11. The first-order chi connectivity index (χ1) is 7.59. The minimum absolute atomic E-state index is 0.0700. The zero-order chi connectivity index (χ0) is 11.7. The molecule has 1 heterocycles. The molecule has 0 saturated heterocycles. The second-order valence-electron chi connectivity index (χ2n) is 4.17. The largest absolute Gasteiger partial charge is 0.385 e. The smallest absolute Gasteiger partial charge is 0.160 e. The standard InChI is InChI=1S/C12H15N3O/c1-7(2)10(16)12-14-9-6-4-3-5-8(9)11(13)15-12/h3-7,10,16H,1-2H3,(H2,13,14,15)/t10-/m0/s1. The summed E-state index contributed by atoms with van der Waals surface area (Å²) in [6, 6.07) is 7.51. The second-order valence-corrected chi connectivity index (χ2v) is 4.17. The van der Waals surface area contributed by atoms with Crippen molar-refractivity contribution < 1.29 is 5.11 Å². The van der Waals surface area contributed by atoms with Gasteiger partial charge in [-0.2, -0.15) is 0 Å². The van der Waals surface area contributed by atoms with Gasteiger partial charge in [0.05, 0.1) is 5.52 Å². The summed E-state index contributed by atoms with van der Waals surface area (Å²) in [5.74, 6) is 0.882. The molecule has 0 unspecified atom stereocenters. The number of nitrogen functional groups attached to an aromatic ring is 1. The number of aromatic nitrogens is 2. The average molecular weight is 217 g/mol. The third kappa shape index (κ3) is 1.84. The van der Waals surface area contributed by atoms with Gasteiger partial charge in [-0.1, -0.05) is 26.0 Å². The number of benzene rings is 1. The number of nitrogens with two attached hydrogens (primary N) is 1. The molecule has 0 amide bonds. The third-order valence-electron chi connectivity index (χ3n) is 2.55. The van der Waals surface area contributed by atoms with Crippen LogP contribution in [0.15, 0.2) is 24.3 Å². The number of hydrogen-bond acceptors (Lipinski definition) is 4. The van der Waals surface area contributed by atoms with E-state index in [1.54, 1.807) is 0 Å². The van der Waals surface area contributed by atoms with Gasteiger partial charge in [0.2, 0.25) is 0 Å². The van der Waals surface area contributed by atoms with Crippen LogP contribution < -0.4 is 5.73 Å². The minimum atomic E-state index is -0.674. The van der Waals surface area contributed by atoms with E-state index in [9.17, 15) is 5.11 Å². The normalized spacial score (nSPS) is 13.2. The molecule has 1 aromatic heterocycles. The maximum absolute atomic E-state index is 9.90. The van der Waals surface area contributed by atoms with E-state index in [-0.39, 0.29) is 5.92 Å². The van der Waals surface area contributed by atoms with Crippen molar-refractivity contribution in [3.8, 4) is 0 Å². The number of aliphatic hydroxyl groups is 1. The Balaban J connectivity index is 2.58. The van der Waals surface area contributed by atoms with Gasteiger partial charge in [-0.25, -0.2) is 9.97 Å². The Morgan fingerprint density at radius 1 is 1.19 bits per heavy atom. The highest BCUT2D eigenvalue weighted by atomic mass is 16.3. The molecule has 1 atom stereocenters. The maximum atomic E-state index is 9.90. The molecule has 1 aromatic carbocycles. The Morgan fingerprint density at radius 2 is 1.88 bits per heavy atom. The first-order valence-electron chi connectivity index (χ1n) is 5.30. The van der Waals surface area contributed by atoms with E-state index in [1.165, 1.54) is 0 Å². The molecule has 0 aliphatic heterocycles. The molecule has 0 bridgehead atoms.